The van der Waals surface area contributed by atoms with E-state index in [1.165, 1.54) is 36.3 Å². The van der Waals surface area contributed by atoms with Crippen molar-refractivity contribution in [3.63, 3.8) is 0 Å². The highest BCUT2D eigenvalue weighted by atomic mass is 32.1. The molecule has 0 fully saturated rings. The molecule has 3 heterocycles. The second-order valence-electron chi connectivity index (χ2n) is 15.9. The topological polar surface area (TPSA) is 38.7 Å². The number of pyridine rings is 1. The predicted octanol–water partition coefficient (Wildman–Crippen LogP) is 16.2. The molecule has 12 aromatic rings. The van der Waals surface area contributed by atoms with Gasteiger partial charge in [-0.3, -0.25) is 0 Å². The van der Waals surface area contributed by atoms with Crippen LogP contribution >= 0.6 is 11.3 Å². The lowest BCUT2D eigenvalue weighted by Gasteiger charge is -2.15. The number of hydrogen-bond acceptors (Lipinski definition) is 4. The van der Waals surface area contributed by atoms with Gasteiger partial charge in [-0.25, -0.2) is 15.0 Å². The largest absolute Gasteiger partial charge is 0.246 e. The average Bonchev–Trinajstić information content (AvgIpc) is 3.76. The fraction of sp³-hybridized carbons (Fsp3) is 0. The van der Waals surface area contributed by atoms with Crippen molar-refractivity contribution in [2.24, 2.45) is 0 Å². The number of benzene rings is 9. The molecule has 0 bridgehead atoms. The molecular weight excluding hydrogens is 783 g/mol. The Morgan fingerprint density at radius 2 is 0.810 bits per heavy atom. The molecule has 0 saturated heterocycles. The van der Waals surface area contributed by atoms with E-state index in [1.54, 1.807) is 0 Å². The molecule has 0 spiro atoms. The van der Waals surface area contributed by atoms with Crippen LogP contribution in [0.2, 0.25) is 0 Å². The summed E-state index contributed by atoms with van der Waals surface area (Å²) in [7, 11) is 0. The van der Waals surface area contributed by atoms with Crippen LogP contribution in [0.25, 0.3) is 120 Å². The van der Waals surface area contributed by atoms with Crippen molar-refractivity contribution in [2.45, 2.75) is 0 Å². The van der Waals surface area contributed by atoms with E-state index in [0.717, 1.165) is 78.2 Å². The van der Waals surface area contributed by atoms with Crippen molar-refractivity contribution in [3.8, 4) is 78.5 Å². The number of fused-ring (bicyclic) bond motifs is 7. The van der Waals surface area contributed by atoms with Gasteiger partial charge in [-0.1, -0.05) is 200 Å². The highest BCUT2D eigenvalue weighted by molar-refractivity contribution is 7.26. The Balaban J connectivity index is 0.900. The Bertz CT molecular complexity index is 3580. The first-order valence-corrected chi connectivity index (χ1v) is 22.1. The summed E-state index contributed by atoms with van der Waals surface area (Å²) in [5.41, 5.74) is 14.9. The zero-order chi connectivity index (χ0) is 41.7. The summed E-state index contributed by atoms with van der Waals surface area (Å²) in [5, 5.41) is 6.21. The molecule has 0 amide bonds. The van der Waals surface area contributed by atoms with Crippen LogP contribution in [-0.2, 0) is 0 Å². The molecule has 9 aromatic carbocycles. The summed E-state index contributed by atoms with van der Waals surface area (Å²) in [5.74, 6) is 0.714. The first-order valence-electron chi connectivity index (χ1n) is 21.3. The Morgan fingerprint density at radius 3 is 1.51 bits per heavy atom. The third-order valence-electron chi connectivity index (χ3n) is 12.1. The van der Waals surface area contributed by atoms with Crippen molar-refractivity contribution in [2.75, 3.05) is 0 Å². The quantitative estimate of drug-likeness (QED) is 0.150. The molecule has 3 nitrogen and oxygen atoms in total. The van der Waals surface area contributed by atoms with E-state index < -0.39 is 0 Å². The van der Waals surface area contributed by atoms with Gasteiger partial charge in [0.25, 0.3) is 0 Å². The van der Waals surface area contributed by atoms with E-state index in [0.29, 0.717) is 5.82 Å². The standard InChI is InChI=1S/C59H37N3S/c1-4-14-41(15-5-1)51-37-52(61-59(60-51)44-18-8-3-9-19-44)42-32-30-39(31-33-42)38-26-28-40(29-27-38)45-20-12-21-46(36-45)47-23-13-24-49-55-50(57(62-58(47)49)43-16-6-2-7-17-43)34-35-54-56(55)48-22-10-11-25-53(48)63-54/h1-37H. The lowest BCUT2D eigenvalue weighted by atomic mass is 9.92. The van der Waals surface area contributed by atoms with E-state index in [-0.39, 0.29) is 0 Å². The van der Waals surface area contributed by atoms with Gasteiger partial charge in [-0.05, 0) is 52.1 Å². The minimum atomic E-state index is 0.714. The molecule has 12 rings (SSSR count). The van der Waals surface area contributed by atoms with Gasteiger partial charge >= 0.3 is 0 Å². The fourth-order valence-electron chi connectivity index (χ4n) is 9.00. The fourth-order valence-corrected chi connectivity index (χ4v) is 10.1. The predicted molar refractivity (Wildman–Crippen MR) is 266 cm³/mol. The summed E-state index contributed by atoms with van der Waals surface area (Å²) in [6.45, 7) is 0. The number of para-hydroxylation sites is 1. The molecule has 0 saturated carbocycles. The van der Waals surface area contributed by atoms with E-state index in [9.17, 15) is 0 Å². The van der Waals surface area contributed by atoms with Crippen molar-refractivity contribution >= 4 is 53.2 Å². The molecule has 0 aliphatic rings. The molecule has 0 radical (unpaired) electrons. The summed E-state index contributed by atoms with van der Waals surface area (Å²) in [6, 6.07) is 79.7. The molecular formula is C59H37N3S. The van der Waals surface area contributed by atoms with Crippen LogP contribution in [0.15, 0.2) is 224 Å². The summed E-state index contributed by atoms with van der Waals surface area (Å²) in [4.78, 5) is 15.5. The van der Waals surface area contributed by atoms with Crippen molar-refractivity contribution < 1.29 is 0 Å². The van der Waals surface area contributed by atoms with Crippen LogP contribution in [0.3, 0.4) is 0 Å². The molecule has 0 N–H and O–H groups in total. The van der Waals surface area contributed by atoms with Gasteiger partial charge in [0, 0.05) is 64.1 Å². The number of thiophene rings is 1. The van der Waals surface area contributed by atoms with E-state index in [4.69, 9.17) is 15.0 Å². The molecule has 0 atom stereocenters. The van der Waals surface area contributed by atoms with E-state index in [2.05, 4.69) is 188 Å². The van der Waals surface area contributed by atoms with Crippen LogP contribution in [0, 0.1) is 0 Å². The lowest BCUT2D eigenvalue weighted by Crippen LogP contribution is -1.95. The Labute approximate surface area is 369 Å². The number of hydrogen-bond donors (Lipinski definition) is 0. The van der Waals surface area contributed by atoms with Crippen LogP contribution in [-0.4, -0.2) is 15.0 Å². The first kappa shape index (κ1) is 36.8. The number of rotatable bonds is 7. The van der Waals surface area contributed by atoms with Crippen LogP contribution in [0.4, 0.5) is 0 Å². The zero-order valence-corrected chi connectivity index (χ0v) is 34.9. The molecule has 3 aromatic heterocycles. The number of nitrogens with zero attached hydrogens (tertiary/aromatic N) is 3. The summed E-state index contributed by atoms with van der Waals surface area (Å²) in [6.07, 6.45) is 0. The van der Waals surface area contributed by atoms with Crippen LogP contribution < -0.4 is 0 Å². The summed E-state index contributed by atoms with van der Waals surface area (Å²) >= 11 is 1.86. The monoisotopic (exact) mass is 819 g/mol. The maximum Gasteiger partial charge on any atom is 0.160 e. The van der Waals surface area contributed by atoms with Gasteiger partial charge in [0.2, 0.25) is 0 Å². The van der Waals surface area contributed by atoms with Gasteiger partial charge in [-0.15, -0.1) is 11.3 Å². The molecule has 294 valence electrons. The highest BCUT2D eigenvalue weighted by Gasteiger charge is 2.19. The smallest absolute Gasteiger partial charge is 0.160 e. The van der Waals surface area contributed by atoms with Crippen molar-refractivity contribution in [1.29, 1.82) is 0 Å². The van der Waals surface area contributed by atoms with Crippen molar-refractivity contribution in [3.05, 3.63) is 224 Å². The normalized spacial score (nSPS) is 11.5. The zero-order valence-electron chi connectivity index (χ0n) is 34.1. The minimum absolute atomic E-state index is 0.714. The van der Waals surface area contributed by atoms with Gasteiger partial charge in [-0.2, -0.15) is 0 Å². The Kier molecular flexibility index (Phi) is 9.02. The third-order valence-corrected chi connectivity index (χ3v) is 13.2. The van der Waals surface area contributed by atoms with Crippen LogP contribution in [0.1, 0.15) is 0 Å². The average molecular weight is 820 g/mol. The molecule has 4 heteroatoms. The molecule has 0 unspecified atom stereocenters. The van der Waals surface area contributed by atoms with E-state index >= 15 is 0 Å². The third kappa shape index (κ3) is 6.65. The van der Waals surface area contributed by atoms with Crippen molar-refractivity contribution in [1.82, 2.24) is 15.0 Å². The maximum atomic E-state index is 5.53. The second-order valence-corrected chi connectivity index (χ2v) is 17.0. The molecule has 63 heavy (non-hydrogen) atoms. The van der Waals surface area contributed by atoms with Gasteiger partial charge in [0.05, 0.1) is 22.6 Å². The molecule has 0 aliphatic carbocycles. The highest BCUT2D eigenvalue weighted by Crippen LogP contribution is 2.45. The van der Waals surface area contributed by atoms with E-state index in [1.807, 2.05) is 47.7 Å². The van der Waals surface area contributed by atoms with Gasteiger partial charge in [0.15, 0.2) is 5.82 Å². The second kappa shape index (κ2) is 15.4. The Hall–Kier alpha value is -8.05. The van der Waals surface area contributed by atoms with Crippen LogP contribution in [0.5, 0.6) is 0 Å². The van der Waals surface area contributed by atoms with Gasteiger partial charge < -0.3 is 0 Å². The molecule has 0 aliphatic heterocycles. The Morgan fingerprint density at radius 1 is 0.286 bits per heavy atom. The lowest BCUT2D eigenvalue weighted by molar-refractivity contribution is 1.18. The SMILES string of the molecule is c1ccc(-c2cc(-c3ccc(-c4ccc(-c5cccc(-c6cccc7c6nc(-c6ccccc6)c6ccc8sc9ccccc9c8c67)c5)cc4)cc3)nc(-c3ccccc3)n2)cc1. The number of aromatic nitrogens is 3. The van der Waals surface area contributed by atoms with Gasteiger partial charge in [0.1, 0.15) is 0 Å². The minimum Gasteiger partial charge on any atom is -0.246 e. The maximum absolute atomic E-state index is 5.53. The summed E-state index contributed by atoms with van der Waals surface area (Å²) < 4.78 is 2.60. The first-order chi connectivity index (χ1) is 31.2.